The van der Waals surface area contributed by atoms with Crippen LogP contribution in [0.4, 0.5) is 0 Å². The SMILES string of the molecule is CCOCCCNCc1ccc(OCc2ccc(Cl)cc2)cc1.Cl. The molecular formula is C19H25Cl2NO2. The van der Waals surface area contributed by atoms with Crippen molar-refractivity contribution in [3.8, 4) is 5.75 Å². The normalized spacial score (nSPS) is 10.2. The molecule has 3 nitrogen and oxygen atoms in total. The fraction of sp³-hybridized carbons (Fsp3) is 0.368. The van der Waals surface area contributed by atoms with E-state index in [0.29, 0.717) is 6.61 Å². The lowest BCUT2D eigenvalue weighted by Crippen LogP contribution is -2.16. The van der Waals surface area contributed by atoms with Gasteiger partial charge in [-0.3, -0.25) is 0 Å². The Balaban J connectivity index is 0.00000288. The highest BCUT2D eigenvalue weighted by Crippen LogP contribution is 2.15. The smallest absolute Gasteiger partial charge is 0.119 e. The lowest BCUT2D eigenvalue weighted by Gasteiger charge is -2.08. The van der Waals surface area contributed by atoms with Gasteiger partial charge in [-0.2, -0.15) is 0 Å². The van der Waals surface area contributed by atoms with Crippen molar-refractivity contribution in [2.45, 2.75) is 26.5 Å². The van der Waals surface area contributed by atoms with E-state index >= 15 is 0 Å². The van der Waals surface area contributed by atoms with Crippen LogP contribution in [0.1, 0.15) is 24.5 Å². The zero-order valence-corrected chi connectivity index (χ0v) is 15.5. The van der Waals surface area contributed by atoms with Gasteiger partial charge < -0.3 is 14.8 Å². The Kier molecular flexibility index (Phi) is 10.5. The number of halogens is 2. The van der Waals surface area contributed by atoms with E-state index in [4.69, 9.17) is 21.1 Å². The van der Waals surface area contributed by atoms with Gasteiger partial charge in [0.15, 0.2) is 0 Å². The van der Waals surface area contributed by atoms with E-state index in [-0.39, 0.29) is 12.4 Å². The lowest BCUT2D eigenvalue weighted by atomic mass is 10.2. The van der Waals surface area contributed by atoms with Gasteiger partial charge in [0.25, 0.3) is 0 Å². The molecule has 0 aliphatic carbocycles. The van der Waals surface area contributed by atoms with Gasteiger partial charge in [-0.1, -0.05) is 35.9 Å². The first-order valence-corrected chi connectivity index (χ1v) is 8.40. The van der Waals surface area contributed by atoms with E-state index in [1.807, 2.05) is 43.3 Å². The maximum Gasteiger partial charge on any atom is 0.119 e. The van der Waals surface area contributed by atoms with E-state index in [1.165, 1.54) is 5.56 Å². The summed E-state index contributed by atoms with van der Waals surface area (Å²) in [6.45, 7) is 6.01. The van der Waals surface area contributed by atoms with E-state index in [1.54, 1.807) is 0 Å². The maximum atomic E-state index is 5.87. The monoisotopic (exact) mass is 369 g/mol. The van der Waals surface area contributed by atoms with Crippen LogP contribution < -0.4 is 10.1 Å². The highest BCUT2D eigenvalue weighted by Gasteiger charge is 1.98. The fourth-order valence-electron chi connectivity index (χ4n) is 2.13. The highest BCUT2D eigenvalue weighted by atomic mass is 35.5. The van der Waals surface area contributed by atoms with Crippen LogP contribution in [0.5, 0.6) is 5.75 Å². The van der Waals surface area contributed by atoms with Crippen molar-refractivity contribution in [3.05, 3.63) is 64.7 Å². The quantitative estimate of drug-likeness (QED) is 0.606. The first-order valence-electron chi connectivity index (χ1n) is 8.02. The number of hydrogen-bond acceptors (Lipinski definition) is 3. The van der Waals surface area contributed by atoms with Gasteiger partial charge in [0.05, 0.1) is 0 Å². The molecule has 2 rings (SSSR count). The second-order valence-electron chi connectivity index (χ2n) is 5.29. The molecule has 0 saturated heterocycles. The predicted octanol–water partition coefficient (Wildman–Crippen LogP) is 4.86. The molecule has 1 N–H and O–H groups in total. The van der Waals surface area contributed by atoms with Crippen molar-refractivity contribution in [1.82, 2.24) is 5.32 Å². The third kappa shape index (κ3) is 8.02. The molecule has 0 aliphatic rings. The summed E-state index contributed by atoms with van der Waals surface area (Å²) in [7, 11) is 0. The Morgan fingerprint density at radius 1 is 0.958 bits per heavy atom. The van der Waals surface area contributed by atoms with Crippen molar-refractivity contribution in [2.24, 2.45) is 0 Å². The topological polar surface area (TPSA) is 30.5 Å². The summed E-state index contributed by atoms with van der Waals surface area (Å²) in [5.41, 5.74) is 2.36. The second-order valence-corrected chi connectivity index (χ2v) is 5.72. The lowest BCUT2D eigenvalue weighted by molar-refractivity contribution is 0.144. The summed E-state index contributed by atoms with van der Waals surface area (Å²) in [5, 5.41) is 4.15. The van der Waals surface area contributed by atoms with Crippen molar-refractivity contribution < 1.29 is 9.47 Å². The first-order chi connectivity index (χ1) is 11.3. The molecule has 0 fully saturated rings. The van der Waals surface area contributed by atoms with Crippen molar-refractivity contribution >= 4 is 24.0 Å². The standard InChI is InChI=1S/C19H24ClNO2.ClH/c1-2-22-13-3-12-21-14-16-6-10-19(11-7-16)23-15-17-4-8-18(20)9-5-17;/h4-11,21H,2-3,12-15H2,1H3;1H. The predicted molar refractivity (Wildman–Crippen MR) is 102 cm³/mol. The van der Waals surface area contributed by atoms with E-state index in [2.05, 4.69) is 17.4 Å². The Labute approximate surface area is 155 Å². The number of hydrogen-bond donors (Lipinski definition) is 1. The molecule has 0 aromatic heterocycles. The summed E-state index contributed by atoms with van der Waals surface area (Å²) >= 11 is 5.87. The van der Waals surface area contributed by atoms with Gasteiger partial charge in [0.2, 0.25) is 0 Å². The van der Waals surface area contributed by atoms with Crippen LogP contribution in [0, 0.1) is 0 Å². The van der Waals surface area contributed by atoms with Gasteiger partial charge >= 0.3 is 0 Å². The van der Waals surface area contributed by atoms with E-state index in [0.717, 1.165) is 49.1 Å². The van der Waals surface area contributed by atoms with Crippen LogP contribution in [0.15, 0.2) is 48.5 Å². The molecule has 0 unspecified atom stereocenters. The minimum absolute atomic E-state index is 0. The molecule has 0 heterocycles. The summed E-state index contributed by atoms with van der Waals surface area (Å²) in [4.78, 5) is 0. The van der Waals surface area contributed by atoms with E-state index < -0.39 is 0 Å². The molecule has 0 radical (unpaired) electrons. The van der Waals surface area contributed by atoms with Gasteiger partial charge in [-0.05, 0) is 55.3 Å². The minimum atomic E-state index is 0. The zero-order valence-electron chi connectivity index (χ0n) is 14.0. The number of rotatable bonds is 10. The fourth-order valence-corrected chi connectivity index (χ4v) is 2.25. The molecule has 0 spiro atoms. The summed E-state index contributed by atoms with van der Waals surface area (Å²) in [6, 6.07) is 15.9. The molecule has 0 bridgehead atoms. The van der Waals surface area contributed by atoms with Crippen LogP contribution in [0.2, 0.25) is 5.02 Å². The Hall–Kier alpha value is -1.26. The Morgan fingerprint density at radius 3 is 2.29 bits per heavy atom. The first kappa shape index (κ1) is 20.8. The molecule has 24 heavy (non-hydrogen) atoms. The van der Waals surface area contributed by atoms with Crippen LogP contribution in [0.25, 0.3) is 0 Å². The van der Waals surface area contributed by atoms with Gasteiger partial charge in [-0.15, -0.1) is 12.4 Å². The zero-order chi connectivity index (χ0) is 16.3. The molecule has 0 aliphatic heterocycles. The summed E-state index contributed by atoms with van der Waals surface area (Å²) < 4.78 is 11.1. The van der Waals surface area contributed by atoms with E-state index in [9.17, 15) is 0 Å². The molecular weight excluding hydrogens is 345 g/mol. The number of nitrogens with one attached hydrogen (secondary N) is 1. The van der Waals surface area contributed by atoms with Crippen molar-refractivity contribution in [3.63, 3.8) is 0 Å². The molecule has 0 atom stereocenters. The average Bonchev–Trinajstić information content (AvgIpc) is 2.58. The van der Waals surface area contributed by atoms with Crippen LogP contribution >= 0.6 is 24.0 Å². The third-order valence-electron chi connectivity index (χ3n) is 3.42. The average molecular weight is 370 g/mol. The van der Waals surface area contributed by atoms with Gasteiger partial charge in [0.1, 0.15) is 12.4 Å². The second kappa shape index (κ2) is 12.2. The third-order valence-corrected chi connectivity index (χ3v) is 3.67. The van der Waals surface area contributed by atoms with Crippen molar-refractivity contribution in [2.75, 3.05) is 19.8 Å². The summed E-state index contributed by atoms with van der Waals surface area (Å²) in [5.74, 6) is 0.875. The molecule has 132 valence electrons. The van der Waals surface area contributed by atoms with Crippen LogP contribution in [0.3, 0.4) is 0 Å². The Morgan fingerprint density at radius 2 is 1.62 bits per heavy atom. The van der Waals surface area contributed by atoms with Gasteiger partial charge in [-0.25, -0.2) is 0 Å². The number of ether oxygens (including phenoxy) is 2. The Bertz CT molecular complexity index is 559. The molecule has 2 aromatic rings. The number of benzene rings is 2. The van der Waals surface area contributed by atoms with Crippen LogP contribution in [-0.4, -0.2) is 19.8 Å². The summed E-state index contributed by atoms with van der Waals surface area (Å²) in [6.07, 6.45) is 1.04. The molecule has 5 heteroatoms. The largest absolute Gasteiger partial charge is 0.489 e. The molecule has 2 aromatic carbocycles. The van der Waals surface area contributed by atoms with Crippen molar-refractivity contribution in [1.29, 1.82) is 0 Å². The highest BCUT2D eigenvalue weighted by molar-refractivity contribution is 6.30. The molecule has 0 saturated carbocycles. The van der Waals surface area contributed by atoms with Gasteiger partial charge in [0, 0.05) is 24.8 Å². The maximum absolute atomic E-state index is 5.87. The minimum Gasteiger partial charge on any atom is -0.489 e. The van der Waals surface area contributed by atoms with Crippen LogP contribution in [-0.2, 0) is 17.9 Å². The molecule has 0 amide bonds.